The van der Waals surface area contributed by atoms with Gasteiger partial charge in [-0.1, -0.05) is 26.0 Å². The summed E-state index contributed by atoms with van der Waals surface area (Å²) < 4.78 is 33.4. The smallest absolute Gasteiger partial charge is 0.243 e. The van der Waals surface area contributed by atoms with Gasteiger partial charge in [0.05, 0.1) is 17.2 Å². The summed E-state index contributed by atoms with van der Waals surface area (Å²) in [6.07, 6.45) is 4.17. The van der Waals surface area contributed by atoms with Crippen LogP contribution in [0.5, 0.6) is 0 Å². The van der Waals surface area contributed by atoms with E-state index < -0.39 is 15.6 Å². The molecule has 1 aromatic heterocycles. The van der Waals surface area contributed by atoms with Gasteiger partial charge in [-0.05, 0) is 36.5 Å². The van der Waals surface area contributed by atoms with Crippen LogP contribution in [0.1, 0.15) is 61.2 Å². The van der Waals surface area contributed by atoms with Gasteiger partial charge in [0.2, 0.25) is 10.0 Å². The molecule has 6 nitrogen and oxygen atoms in total. The van der Waals surface area contributed by atoms with E-state index >= 15 is 0 Å². The highest BCUT2D eigenvalue weighted by molar-refractivity contribution is 7.89. The number of aromatic nitrogens is 2. The van der Waals surface area contributed by atoms with Crippen molar-refractivity contribution in [1.29, 1.82) is 0 Å². The van der Waals surface area contributed by atoms with Crippen molar-refractivity contribution < 1.29 is 13.2 Å². The van der Waals surface area contributed by atoms with Crippen molar-refractivity contribution in [3.63, 3.8) is 0 Å². The fourth-order valence-corrected chi connectivity index (χ4v) is 5.41. The second kappa shape index (κ2) is 5.83. The summed E-state index contributed by atoms with van der Waals surface area (Å²) in [5, 5.41) is 0. The minimum atomic E-state index is -3.51. The Balaban J connectivity index is 1.36. The van der Waals surface area contributed by atoms with Gasteiger partial charge in [0.1, 0.15) is 11.4 Å². The highest BCUT2D eigenvalue weighted by Crippen LogP contribution is 2.46. The van der Waals surface area contributed by atoms with Crippen molar-refractivity contribution in [2.45, 2.75) is 55.6 Å². The standard InChI is InChI=1S/C20H23N3O3S/c1-13(2)14-5-7-16(8-6-14)27(24,25)23-11-20(12-23)17-9-21-19(15-3-4-15)22-18(17)10-26-20/h5-9,13,15H,3-4,10-12H2,1-2H3. The number of ether oxygens (including phenoxy) is 1. The van der Waals surface area contributed by atoms with E-state index in [0.717, 1.165) is 35.5 Å². The maximum Gasteiger partial charge on any atom is 0.243 e. The molecule has 2 aromatic rings. The highest BCUT2D eigenvalue weighted by atomic mass is 32.2. The molecule has 1 spiro atoms. The number of hydrogen-bond donors (Lipinski definition) is 0. The molecule has 27 heavy (non-hydrogen) atoms. The minimum absolute atomic E-state index is 0.320. The monoisotopic (exact) mass is 385 g/mol. The van der Waals surface area contributed by atoms with Crippen molar-refractivity contribution in [1.82, 2.24) is 14.3 Å². The molecule has 1 saturated carbocycles. The number of rotatable bonds is 4. The van der Waals surface area contributed by atoms with Crippen LogP contribution in [0.2, 0.25) is 0 Å². The fourth-order valence-electron chi connectivity index (χ4n) is 3.87. The molecule has 0 bridgehead atoms. The van der Waals surface area contributed by atoms with Crippen molar-refractivity contribution in [3.8, 4) is 0 Å². The van der Waals surface area contributed by atoms with E-state index in [0.29, 0.717) is 36.4 Å². The van der Waals surface area contributed by atoms with Crippen LogP contribution in [-0.4, -0.2) is 35.8 Å². The average Bonchev–Trinajstić information content (AvgIpc) is 3.40. The third kappa shape index (κ3) is 2.71. The van der Waals surface area contributed by atoms with Crippen LogP contribution < -0.4 is 0 Å². The third-order valence-corrected chi connectivity index (χ3v) is 7.66. The molecule has 3 heterocycles. The maximum absolute atomic E-state index is 12.9. The van der Waals surface area contributed by atoms with Gasteiger partial charge in [-0.25, -0.2) is 18.4 Å². The molecule has 3 aliphatic rings. The van der Waals surface area contributed by atoms with Crippen LogP contribution >= 0.6 is 0 Å². The van der Waals surface area contributed by atoms with Crippen LogP contribution in [0.4, 0.5) is 0 Å². The number of benzene rings is 1. The Hall–Kier alpha value is -1.83. The molecule has 2 aliphatic heterocycles. The first-order chi connectivity index (χ1) is 12.9. The van der Waals surface area contributed by atoms with Gasteiger partial charge < -0.3 is 4.74 Å². The summed E-state index contributed by atoms with van der Waals surface area (Å²) in [5.41, 5.74) is 2.42. The summed E-state index contributed by atoms with van der Waals surface area (Å²) in [6, 6.07) is 7.18. The Morgan fingerprint density at radius 2 is 1.89 bits per heavy atom. The topological polar surface area (TPSA) is 72.4 Å². The lowest BCUT2D eigenvalue weighted by atomic mass is 9.90. The number of nitrogens with zero attached hydrogens (tertiary/aromatic N) is 3. The molecule has 5 rings (SSSR count). The molecular formula is C20H23N3O3S. The van der Waals surface area contributed by atoms with E-state index in [1.165, 1.54) is 4.31 Å². The van der Waals surface area contributed by atoms with Crippen LogP contribution in [0.15, 0.2) is 35.4 Å². The summed E-state index contributed by atoms with van der Waals surface area (Å²) in [7, 11) is -3.51. The largest absolute Gasteiger partial charge is 0.361 e. The van der Waals surface area contributed by atoms with E-state index in [4.69, 9.17) is 4.74 Å². The fraction of sp³-hybridized carbons (Fsp3) is 0.500. The van der Waals surface area contributed by atoms with Crippen molar-refractivity contribution in [2.75, 3.05) is 13.1 Å². The Morgan fingerprint density at radius 1 is 1.19 bits per heavy atom. The van der Waals surface area contributed by atoms with Crippen molar-refractivity contribution in [2.24, 2.45) is 0 Å². The van der Waals surface area contributed by atoms with Gasteiger partial charge in [0.25, 0.3) is 0 Å². The maximum atomic E-state index is 12.9. The van der Waals surface area contributed by atoms with E-state index in [1.807, 2.05) is 18.3 Å². The van der Waals surface area contributed by atoms with Crippen LogP contribution in [0.3, 0.4) is 0 Å². The lowest BCUT2D eigenvalue weighted by molar-refractivity contribution is -0.112. The van der Waals surface area contributed by atoms with Gasteiger partial charge in [0.15, 0.2) is 0 Å². The Bertz CT molecular complexity index is 992. The predicted octanol–water partition coefficient (Wildman–Crippen LogP) is 2.91. The molecule has 0 N–H and O–H groups in total. The average molecular weight is 385 g/mol. The first kappa shape index (κ1) is 17.3. The molecule has 1 aromatic carbocycles. The first-order valence-corrected chi connectivity index (χ1v) is 10.9. The normalized spacial score (nSPS) is 21.4. The second-order valence-corrected chi connectivity index (χ2v) is 10.1. The Kier molecular flexibility index (Phi) is 3.73. The summed E-state index contributed by atoms with van der Waals surface area (Å²) in [5.74, 6) is 1.78. The number of fused-ring (bicyclic) bond motifs is 2. The van der Waals surface area contributed by atoms with E-state index in [2.05, 4.69) is 23.8 Å². The van der Waals surface area contributed by atoms with Crippen LogP contribution in [-0.2, 0) is 27.0 Å². The number of hydrogen-bond acceptors (Lipinski definition) is 5. The number of sulfonamides is 1. The van der Waals surface area contributed by atoms with Crippen molar-refractivity contribution >= 4 is 10.0 Å². The van der Waals surface area contributed by atoms with E-state index in [1.54, 1.807) is 12.1 Å². The molecule has 7 heteroatoms. The quantitative estimate of drug-likeness (QED) is 0.809. The van der Waals surface area contributed by atoms with Crippen LogP contribution in [0.25, 0.3) is 0 Å². The third-order valence-electron chi connectivity index (χ3n) is 5.85. The molecule has 1 saturated heterocycles. The summed E-state index contributed by atoms with van der Waals surface area (Å²) in [6.45, 7) is 5.26. The lowest BCUT2D eigenvalue weighted by Crippen LogP contribution is -2.61. The zero-order chi connectivity index (χ0) is 18.8. The first-order valence-electron chi connectivity index (χ1n) is 9.49. The Morgan fingerprint density at radius 3 is 2.52 bits per heavy atom. The molecule has 0 radical (unpaired) electrons. The summed E-state index contributed by atoms with van der Waals surface area (Å²) in [4.78, 5) is 9.50. The van der Waals surface area contributed by atoms with Gasteiger partial charge >= 0.3 is 0 Å². The minimum Gasteiger partial charge on any atom is -0.361 e. The predicted molar refractivity (Wildman–Crippen MR) is 99.8 cm³/mol. The summed E-state index contributed by atoms with van der Waals surface area (Å²) >= 11 is 0. The molecule has 0 atom stereocenters. The molecule has 142 valence electrons. The van der Waals surface area contributed by atoms with E-state index in [9.17, 15) is 8.42 Å². The van der Waals surface area contributed by atoms with Gasteiger partial charge in [-0.3, -0.25) is 0 Å². The molecule has 0 amide bonds. The highest BCUT2D eigenvalue weighted by Gasteiger charge is 2.55. The zero-order valence-corrected chi connectivity index (χ0v) is 16.4. The molecular weight excluding hydrogens is 362 g/mol. The van der Waals surface area contributed by atoms with Gasteiger partial charge in [0, 0.05) is 30.8 Å². The molecule has 0 unspecified atom stereocenters. The SMILES string of the molecule is CC(C)c1ccc(S(=O)(=O)N2CC3(C2)OCc2nc(C4CC4)ncc23)cc1. The van der Waals surface area contributed by atoms with E-state index in [-0.39, 0.29) is 0 Å². The molecule has 2 fully saturated rings. The van der Waals surface area contributed by atoms with Gasteiger partial charge in [-0.2, -0.15) is 4.31 Å². The van der Waals surface area contributed by atoms with Crippen molar-refractivity contribution in [3.05, 3.63) is 53.1 Å². The lowest BCUT2D eigenvalue weighted by Gasteiger charge is -2.46. The molecule has 1 aliphatic carbocycles. The van der Waals surface area contributed by atoms with Gasteiger partial charge in [-0.15, -0.1) is 0 Å². The Labute approximate surface area is 159 Å². The zero-order valence-electron chi connectivity index (χ0n) is 15.6. The van der Waals surface area contributed by atoms with Crippen LogP contribution in [0, 0.1) is 0 Å². The second-order valence-electron chi connectivity index (χ2n) is 8.14.